The molecule has 21 heavy (non-hydrogen) atoms. The van der Waals surface area contributed by atoms with Gasteiger partial charge in [-0.1, -0.05) is 18.2 Å². The number of nitrogens with one attached hydrogen (secondary N) is 1. The van der Waals surface area contributed by atoms with E-state index in [0.717, 1.165) is 0 Å². The first-order chi connectivity index (χ1) is 9.79. The molecular formula is C15H16F3NO2. The Morgan fingerprint density at radius 1 is 1.29 bits per heavy atom. The molecule has 0 aliphatic carbocycles. The fraction of sp³-hybridized carbons (Fsp3) is 0.400. The summed E-state index contributed by atoms with van der Waals surface area (Å²) in [6.45, 7) is 3.21. The van der Waals surface area contributed by atoms with Gasteiger partial charge in [-0.15, -0.1) is 0 Å². The van der Waals surface area contributed by atoms with Crippen molar-refractivity contribution in [2.75, 3.05) is 0 Å². The summed E-state index contributed by atoms with van der Waals surface area (Å²) in [5, 5.41) is 0.470. The van der Waals surface area contributed by atoms with Crippen LogP contribution < -0.4 is 0 Å². The molecule has 1 N–H and O–H groups in total. The molecule has 1 heterocycles. The first-order valence-electron chi connectivity index (χ1n) is 6.61. The van der Waals surface area contributed by atoms with E-state index in [-0.39, 0.29) is 5.56 Å². The van der Waals surface area contributed by atoms with Crippen LogP contribution in [-0.2, 0) is 9.53 Å². The van der Waals surface area contributed by atoms with Crippen LogP contribution in [0.5, 0.6) is 0 Å². The van der Waals surface area contributed by atoms with Crippen molar-refractivity contribution in [3.05, 3.63) is 36.0 Å². The van der Waals surface area contributed by atoms with Crippen LogP contribution in [0.1, 0.15) is 31.7 Å². The summed E-state index contributed by atoms with van der Waals surface area (Å²) < 4.78 is 44.7. The number of aromatic nitrogens is 1. The van der Waals surface area contributed by atoms with Crippen molar-refractivity contribution in [2.45, 2.75) is 38.5 Å². The third-order valence-corrected chi connectivity index (χ3v) is 3.13. The molecule has 0 aliphatic rings. The van der Waals surface area contributed by atoms with Crippen LogP contribution in [0.25, 0.3) is 10.9 Å². The van der Waals surface area contributed by atoms with Gasteiger partial charge in [0.2, 0.25) is 0 Å². The maximum Gasteiger partial charge on any atom is 0.396 e. The zero-order valence-corrected chi connectivity index (χ0v) is 11.7. The van der Waals surface area contributed by atoms with E-state index in [1.165, 1.54) is 6.20 Å². The van der Waals surface area contributed by atoms with Crippen LogP contribution >= 0.6 is 0 Å². The lowest BCUT2D eigenvalue weighted by Gasteiger charge is -2.20. The molecule has 0 amide bonds. The van der Waals surface area contributed by atoms with Crippen molar-refractivity contribution >= 4 is 16.9 Å². The molecule has 0 saturated heterocycles. The Morgan fingerprint density at radius 3 is 2.57 bits per heavy atom. The molecule has 1 aromatic carbocycles. The topological polar surface area (TPSA) is 42.1 Å². The molecule has 0 fully saturated rings. The summed E-state index contributed by atoms with van der Waals surface area (Å²) in [4.78, 5) is 14.4. The normalized spacial score (nSPS) is 13.6. The molecular weight excluding hydrogens is 283 g/mol. The van der Waals surface area contributed by atoms with Crippen molar-refractivity contribution in [1.82, 2.24) is 4.98 Å². The first kappa shape index (κ1) is 15.4. The van der Waals surface area contributed by atoms with Crippen LogP contribution in [0.2, 0.25) is 0 Å². The van der Waals surface area contributed by atoms with Crippen molar-refractivity contribution in [3.8, 4) is 0 Å². The highest BCUT2D eigenvalue weighted by molar-refractivity contribution is 5.84. The number of rotatable bonds is 4. The Hall–Kier alpha value is -1.98. The highest BCUT2D eigenvalue weighted by Crippen LogP contribution is 2.40. The van der Waals surface area contributed by atoms with Gasteiger partial charge >= 0.3 is 12.1 Å². The molecule has 114 valence electrons. The monoisotopic (exact) mass is 299 g/mol. The van der Waals surface area contributed by atoms with Gasteiger partial charge in [-0.3, -0.25) is 4.79 Å². The summed E-state index contributed by atoms with van der Waals surface area (Å²) in [6.07, 6.45) is -4.36. The molecule has 1 aromatic heterocycles. The number of ether oxygens (including phenoxy) is 1. The van der Waals surface area contributed by atoms with Gasteiger partial charge < -0.3 is 9.72 Å². The molecule has 0 saturated carbocycles. The number of benzene rings is 1. The van der Waals surface area contributed by atoms with Gasteiger partial charge in [0.1, 0.15) is 0 Å². The Labute approximate surface area is 120 Å². The van der Waals surface area contributed by atoms with Gasteiger partial charge in [0.15, 0.2) is 0 Å². The highest BCUT2D eigenvalue weighted by atomic mass is 19.4. The van der Waals surface area contributed by atoms with E-state index in [1.54, 1.807) is 38.1 Å². The maximum atomic E-state index is 13.3. The van der Waals surface area contributed by atoms with E-state index in [1.807, 2.05) is 0 Å². The Bertz CT molecular complexity index is 631. The van der Waals surface area contributed by atoms with Gasteiger partial charge in [-0.25, -0.2) is 0 Å². The molecule has 0 bridgehead atoms. The number of para-hydroxylation sites is 1. The van der Waals surface area contributed by atoms with Crippen molar-refractivity contribution in [1.29, 1.82) is 0 Å². The number of carbonyl (C=O) groups is 1. The minimum absolute atomic E-state index is 0.0683. The lowest BCUT2D eigenvalue weighted by Crippen LogP contribution is -2.25. The fourth-order valence-corrected chi connectivity index (χ4v) is 2.26. The van der Waals surface area contributed by atoms with E-state index in [4.69, 9.17) is 4.74 Å². The SMILES string of the molecule is CC(C)OC(=O)C[C@@H](c1c[nH]c2ccccc12)C(F)(F)F. The van der Waals surface area contributed by atoms with Crippen LogP contribution in [0.3, 0.4) is 0 Å². The number of hydrogen-bond donors (Lipinski definition) is 1. The largest absolute Gasteiger partial charge is 0.463 e. The summed E-state index contributed by atoms with van der Waals surface area (Å²) in [5.74, 6) is -2.72. The molecule has 2 rings (SSSR count). The van der Waals surface area contributed by atoms with E-state index in [9.17, 15) is 18.0 Å². The van der Waals surface area contributed by atoms with Gasteiger partial charge in [-0.2, -0.15) is 13.2 Å². The summed E-state index contributed by atoms with van der Waals surface area (Å²) in [5.41, 5.74) is 0.679. The summed E-state index contributed by atoms with van der Waals surface area (Å²) in [7, 11) is 0. The molecule has 0 spiro atoms. The molecule has 0 aliphatic heterocycles. The van der Waals surface area contributed by atoms with Crippen molar-refractivity contribution in [3.63, 3.8) is 0 Å². The minimum Gasteiger partial charge on any atom is -0.463 e. The number of halogens is 3. The average molecular weight is 299 g/mol. The Balaban J connectivity index is 2.35. The minimum atomic E-state index is -4.51. The van der Waals surface area contributed by atoms with E-state index < -0.39 is 30.6 Å². The molecule has 2 aromatic rings. The van der Waals surface area contributed by atoms with Gasteiger partial charge in [0.05, 0.1) is 18.4 Å². The zero-order valence-electron chi connectivity index (χ0n) is 11.7. The third kappa shape index (κ3) is 3.56. The van der Waals surface area contributed by atoms with Crippen molar-refractivity contribution < 1.29 is 22.7 Å². The Morgan fingerprint density at radius 2 is 1.95 bits per heavy atom. The fourth-order valence-electron chi connectivity index (χ4n) is 2.26. The van der Waals surface area contributed by atoms with Crippen LogP contribution in [-0.4, -0.2) is 23.2 Å². The number of carbonyl (C=O) groups excluding carboxylic acids is 1. The number of H-pyrrole nitrogens is 1. The number of alkyl halides is 3. The van der Waals surface area contributed by atoms with Crippen molar-refractivity contribution in [2.24, 2.45) is 0 Å². The first-order valence-corrected chi connectivity index (χ1v) is 6.61. The predicted molar refractivity (Wildman–Crippen MR) is 72.9 cm³/mol. The molecule has 3 nitrogen and oxygen atoms in total. The van der Waals surface area contributed by atoms with E-state index in [2.05, 4.69) is 4.98 Å². The molecule has 6 heteroatoms. The van der Waals surface area contributed by atoms with Crippen LogP contribution in [0, 0.1) is 0 Å². The smallest absolute Gasteiger partial charge is 0.396 e. The quantitative estimate of drug-likeness (QED) is 0.861. The Kier molecular flexibility index (Phi) is 4.25. The lowest BCUT2D eigenvalue weighted by atomic mass is 9.94. The second-order valence-corrected chi connectivity index (χ2v) is 5.13. The second-order valence-electron chi connectivity index (χ2n) is 5.13. The number of fused-ring (bicyclic) bond motifs is 1. The second kappa shape index (κ2) is 5.79. The van der Waals surface area contributed by atoms with Gasteiger partial charge in [0.25, 0.3) is 0 Å². The number of hydrogen-bond acceptors (Lipinski definition) is 2. The summed E-state index contributed by atoms with van der Waals surface area (Å²) >= 11 is 0. The molecule has 1 atom stereocenters. The average Bonchev–Trinajstić information content (AvgIpc) is 2.77. The van der Waals surface area contributed by atoms with Crippen LogP contribution in [0.15, 0.2) is 30.5 Å². The summed E-state index contributed by atoms with van der Waals surface area (Å²) in [6, 6.07) is 6.70. The van der Waals surface area contributed by atoms with Gasteiger partial charge in [-0.05, 0) is 25.5 Å². The molecule has 0 unspecified atom stereocenters. The van der Waals surface area contributed by atoms with E-state index in [0.29, 0.717) is 10.9 Å². The standard InChI is InChI=1S/C15H16F3NO2/c1-9(2)21-14(20)7-12(15(16,17)18)11-8-19-13-6-4-3-5-10(11)13/h3-6,8-9,12,19H,7H2,1-2H3/t12-/m0/s1. The maximum absolute atomic E-state index is 13.3. The third-order valence-electron chi connectivity index (χ3n) is 3.13. The zero-order chi connectivity index (χ0) is 15.6. The number of esters is 1. The predicted octanol–water partition coefficient (Wildman–Crippen LogP) is 4.16. The highest BCUT2D eigenvalue weighted by Gasteiger charge is 2.43. The number of aromatic amines is 1. The lowest BCUT2D eigenvalue weighted by molar-refractivity contribution is -0.168. The van der Waals surface area contributed by atoms with E-state index >= 15 is 0 Å². The van der Waals surface area contributed by atoms with Gasteiger partial charge in [0, 0.05) is 17.1 Å². The molecule has 0 radical (unpaired) electrons. The van der Waals surface area contributed by atoms with Crippen LogP contribution in [0.4, 0.5) is 13.2 Å².